The third kappa shape index (κ3) is 3.22. The third-order valence-electron chi connectivity index (χ3n) is 5.39. The Morgan fingerprint density at radius 3 is 2.70 bits per heavy atom. The predicted molar refractivity (Wildman–Crippen MR) is 114 cm³/mol. The number of pyridine rings is 2. The van der Waals surface area contributed by atoms with Crippen molar-refractivity contribution in [3.63, 3.8) is 0 Å². The number of piperazine rings is 1. The number of carbonyl (C=O) groups is 1. The Hall–Kier alpha value is -3.59. The molecule has 3 N–H and O–H groups in total. The molecule has 0 spiro atoms. The number of nitrogens with one attached hydrogen (secondary N) is 3. The van der Waals surface area contributed by atoms with Crippen LogP contribution in [0.3, 0.4) is 0 Å². The first kappa shape index (κ1) is 18.4. The molecule has 152 valence electrons. The summed E-state index contributed by atoms with van der Waals surface area (Å²) in [6.07, 6.45) is 1.64. The average Bonchev–Trinajstić information content (AvgIpc) is 3.36. The van der Waals surface area contributed by atoms with Gasteiger partial charge in [-0.1, -0.05) is 0 Å². The lowest BCUT2D eigenvalue weighted by Crippen LogP contribution is -2.43. The minimum atomic E-state index is -0.195. The van der Waals surface area contributed by atoms with E-state index in [4.69, 9.17) is 0 Å². The molecule has 1 fully saturated rings. The Balaban J connectivity index is 1.47. The van der Waals surface area contributed by atoms with Gasteiger partial charge in [-0.05, 0) is 38.1 Å². The molecule has 1 aliphatic rings. The molecular weight excluding hydrogens is 380 g/mol. The molecule has 5 rings (SSSR count). The van der Waals surface area contributed by atoms with Gasteiger partial charge in [-0.25, -0.2) is 9.97 Å². The molecule has 0 amide bonds. The van der Waals surface area contributed by atoms with Gasteiger partial charge >= 0.3 is 0 Å². The van der Waals surface area contributed by atoms with Gasteiger partial charge in [-0.3, -0.25) is 14.9 Å². The fraction of sp³-hybridized carbons (Fsp3) is 0.286. The maximum atomic E-state index is 13.1. The van der Waals surface area contributed by atoms with Crippen LogP contribution in [0.1, 0.15) is 27.6 Å². The van der Waals surface area contributed by atoms with Crippen molar-refractivity contribution in [1.29, 1.82) is 0 Å². The lowest BCUT2D eigenvalue weighted by molar-refractivity contribution is 0.103. The number of aryl methyl sites for hydroxylation is 2. The molecule has 0 bridgehead atoms. The van der Waals surface area contributed by atoms with Crippen LogP contribution in [-0.2, 0) is 0 Å². The summed E-state index contributed by atoms with van der Waals surface area (Å²) in [6.45, 7) is 7.53. The van der Waals surface area contributed by atoms with Crippen LogP contribution in [0.4, 0.5) is 5.82 Å². The third-order valence-corrected chi connectivity index (χ3v) is 5.39. The Morgan fingerprint density at radius 1 is 1.10 bits per heavy atom. The lowest BCUT2D eigenvalue weighted by Gasteiger charge is -2.28. The molecule has 4 aromatic rings. The van der Waals surface area contributed by atoms with Gasteiger partial charge in [0.25, 0.3) is 0 Å². The zero-order chi connectivity index (χ0) is 20.7. The smallest absolute Gasteiger partial charge is 0.228 e. The summed E-state index contributed by atoms with van der Waals surface area (Å²) in [5, 5.41) is 10.5. The van der Waals surface area contributed by atoms with Gasteiger partial charge in [0, 0.05) is 49.2 Å². The number of hydrogen-bond donors (Lipinski definition) is 3. The lowest BCUT2D eigenvalue weighted by atomic mass is 10.1. The molecule has 9 heteroatoms. The quantitative estimate of drug-likeness (QED) is 0.447. The van der Waals surface area contributed by atoms with Crippen LogP contribution in [0.15, 0.2) is 30.5 Å². The summed E-state index contributed by atoms with van der Waals surface area (Å²) in [4.78, 5) is 32.0. The van der Waals surface area contributed by atoms with Crippen molar-refractivity contribution in [2.24, 2.45) is 0 Å². The van der Waals surface area contributed by atoms with Crippen LogP contribution in [0, 0.1) is 13.8 Å². The topological polar surface area (TPSA) is 115 Å². The van der Waals surface area contributed by atoms with Crippen molar-refractivity contribution in [1.82, 2.24) is 35.5 Å². The first-order valence-electron chi connectivity index (χ1n) is 9.95. The summed E-state index contributed by atoms with van der Waals surface area (Å²) in [7, 11) is 0. The summed E-state index contributed by atoms with van der Waals surface area (Å²) in [5.74, 6) is 0.957. The van der Waals surface area contributed by atoms with E-state index in [9.17, 15) is 4.79 Å². The number of H-pyrrole nitrogens is 2. The molecule has 0 radical (unpaired) electrons. The van der Waals surface area contributed by atoms with Gasteiger partial charge in [-0.15, -0.1) is 0 Å². The van der Waals surface area contributed by atoms with E-state index in [1.807, 2.05) is 26.0 Å². The summed E-state index contributed by atoms with van der Waals surface area (Å²) in [5.41, 5.74) is 5.19. The van der Waals surface area contributed by atoms with Gasteiger partial charge < -0.3 is 15.2 Å². The maximum absolute atomic E-state index is 13.1. The maximum Gasteiger partial charge on any atom is 0.228 e. The molecule has 0 atom stereocenters. The van der Waals surface area contributed by atoms with Crippen molar-refractivity contribution in [3.8, 4) is 11.3 Å². The SMILES string of the molecule is Cc1n[nH]c(C)c1-c1cc(C(=O)c2nc3nc(N4CCNCC4)ccc3[nH]2)ccn1. The van der Waals surface area contributed by atoms with Crippen LogP contribution >= 0.6 is 0 Å². The molecule has 9 nitrogen and oxygen atoms in total. The second-order valence-corrected chi connectivity index (χ2v) is 7.43. The molecule has 5 heterocycles. The molecule has 0 aliphatic carbocycles. The normalized spacial score (nSPS) is 14.4. The molecule has 30 heavy (non-hydrogen) atoms. The summed E-state index contributed by atoms with van der Waals surface area (Å²) < 4.78 is 0. The van der Waals surface area contributed by atoms with E-state index < -0.39 is 0 Å². The Morgan fingerprint density at radius 2 is 1.93 bits per heavy atom. The van der Waals surface area contributed by atoms with Gasteiger partial charge in [0.15, 0.2) is 11.5 Å². The number of carbonyl (C=O) groups excluding carboxylic acids is 1. The fourth-order valence-electron chi connectivity index (χ4n) is 3.83. The number of aromatic amines is 2. The van der Waals surface area contributed by atoms with Gasteiger partial charge in [0.2, 0.25) is 5.78 Å². The van der Waals surface area contributed by atoms with Crippen molar-refractivity contribution in [2.45, 2.75) is 13.8 Å². The predicted octanol–water partition coefficient (Wildman–Crippen LogP) is 2.00. The van der Waals surface area contributed by atoms with Crippen molar-refractivity contribution in [2.75, 3.05) is 31.1 Å². The number of fused-ring (bicyclic) bond motifs is 1. The van der Waals surface area contributed by atoms with Crippen LogP contribution in [-0.4, -0.2) is 62.1 Å². The first-order chi connectivity index (χ1) is 14.6. The van der Waals surface area contributed by atoms with E-state index in [1.165, 1.54) is 0 Å². The van der Waals surface area contributed by atoms with E-state index in [0.29, 0.717) is 16.9 Å². The number of anilines is 1. The monoisotopic (exact) mass is 402 g/mol. The molecule has 0 aromatic carbocycles. The molecule has 0 unspecified atom stereocenters. The van der Waals surface area contributed by atoms with Crippen LogP contribution < -0.4 is 10.2 Å². The van der Waals surface area contributed by atoms with Crippen molar-refractivity contribution in [3.05, 3.63) is 53.2 Å². The number of nitrogens with zero attached hydrogens (tertiary/aromatic N) is 5. The molecular formula is C21H22N8O. The minimum Gasteiger partial charge on any atom is -0.354 e. The van der Waals surface area contributed by atoms with Crippen molar-refractivity contribution >= 4 is 22.8 Å². The molecule has 1 aliphatic heterocycles. The molecule has 0 saturated carbocycles. The fourth-order valence-corrected chi connectivity index (χ4v) is 3.83. The zero-order valence-corrected chi connectivity index (χ0v) is 16.9. The number of rotatable bonds is 4. The Bertz CT molecular complexity index is 1220. The highest BCUT2D eigenvalue weighted by Crippen LogP contribution is 2.25. The second-order valence-electron chi connectivity index (χ2n) is 7.43. The summed E-state index contributed by atoms with van der Waals surface area (Å²) >= 11 is 0. The van der Waals surface area contributed by atoms with Crippen molar-refractivity contribution < 1.29 is 4.79 Å². The van der Waals surface area contributed by atoms with E-state index in [2.05, 4.69) is 40.3 Å². The van der Waals surface area contributed by atoms with Gasteiger partial charge in [0.05, 0.1) is 16.9 Å². The van der Waals surface area contributed by atoms with E-state index >= 15 is 0 Å². The number of ketones is 1. The zero-order valence-electron chi connectivity index (χ0n) is 16.9. The molecule has 4 aromatic heterocycles. The Labute approximate surface area is 173 Å². The first-order valence-corrected chi connectivity index (χ1v) is 9.95. The highest BCUT2D eigenvalue weighted by Gasteiger charge is 2.19. The van der Waals surface area contributed by atoms with Crippen LogP contribution in [0.25, 0.3) is 22.4 Å². The largest absolute Gasteiger partial charge is 0.354 e. The van der Waals surface area contributed by atoms with Crippen LogP contribution in [0.2, 0.25) is 0 Å². The van der Waals surface area contributed by atoms with Crippen LogP contribution in [0.5, 0.6) is 0 Å². The summed E-state index contributed by atoms with van der Waals surface area (Å²) in [6, 6.07) is 7.37. The van der Waals surface area contributed by atoms with E-state index in [1.54, 1.807) is 18.3 Å². The number of imidazole rings is 1. The van der Waals surface area contributed by atoms with Gasteiger partial charge in [0.1, 0.15) is 5.82 Å². The highest BCUT2D eigenvalue weighted by atomic mass is 16.1. The molecule has 1 saturated heterocycles. The van der Waals surface area contributed by atoms with E-state index in [0.717, 1.165) is 54.5 Å². The second kappa shape index (κ2) is 7.34. The average molecular weight is 402 g/mol. The van der Waals surface area contributed by atoms with E-state index in [-0.39, 0.29) is 11.6 Å². The number of hydrogen-bond acceptors (Lipinski definition) is 7. The standard InChI is InChI=1S/C21H22N8O/c1-12-18(13(2)28-27-12)16-11-14(5-6-23-16)19(30)21-24-15-3-4-17(25-20(15)26-21)29-9-7-22-8-10-29/h3-6,11,22H,7-10H2,1-2H3,(H,27,28)(H,24,25,26). The van der Waals surface area contributed by atoms with Gasteiger partial charge in [-0.2, -0.15) is 5.10 Å². The Kier molecular flexibility index (Phi) is 4.51. The number of aromatic nitrogens is 6. The highest BCUT2D eigenvalue weighted by molar-refractivity contribution is 6.08. The minimum absolute atomic E-state index is 0.195.